The normalized spacial score (nSPS) is 10.6. The van der Waals surface area contributed by atoms with Crippen molar-refractivity contribution in [3.8, 4) is 33.8 Å². The topological polar surface area (TPSA) is 333 Å². The fraction of sp³-hybridized carbons (Fsp3) is 0.225. The van der Waals surface area contributed by atoms with Gasteiger partial charge in [0.2, 0.25) is 0 Å². The second-order valence-electron chi connectivity index (χ2n) is 20.8. The Morgan fingerprint density at radius 1 is 0.557 bits per heavy atom. The molecule has 22 nitrogen and oxygen atoms in total. The number of rotatable bonds is 22. The minimum absolute atomic E-state index is 0. The molecule has 10 rings (SSSR count). The van der Waals surface area contributed by atoms with Gasteiger partial charge in [-0.15, -0.1) is 0 Å². The SMILES string of the molecule is C.CCCCc1cc(-c2ccc(CC(=O)Cc3ccccc3C(F)(F)F)cc2)no1.CCCCc1cc(-c2ccc(N)cc2)no1.CCCCc1cc(-c2ccc([N+](=O)[O-])cc2)no1.O/N=C/c1ccccc1.O=Cc1ccc([N+](=O)[O-])cc1.O=[N+]([O-])c1ccc(/C(Cl)=N/O)cc1. The lowest BCUT2D eigenvalue weighted by Crippen LogP contribution is -2.13. The van der Waals surface area contributed by atoms with E-state index in [1.165, 1.54) is 85.1 Å². The number of nitrogens with zero attached hydrogens (tertiary/aromatic N) is 8. The zero-order chi connectivity index (χ0) is 69.8. The molecular formula is C71H73ClF3N9O13. The van der Waals surface area contributed by atoms with Gasteiger partial charge in [-0.05, 0) is 90.6 Å². The van der Waals surface area contributed by atoms with Gasteiger partial charge in [-0.3, -0.25) is 39.9 Å². The Morgan fingerprint density at radius 2 is 0.948 bits per heavy atom. The maximum absolute atomic E-state index is 13.1. The van der Waals surface area contributed by atoms with Gasteiger partial charge in [0.15, 0.2) is 5.17 Å². The first-order valence-corrected chi connectivity index (χ1v) is 30.3. The molecule has 508 valence electrons. The number of ketones is 1. The molecule has 0 spiro atoms. The molecule has 0 bridgehead atoms. The lowest BCUT2D eigenvalue weighted by Gasteiger charge is -2.12. The number of nitrogen functional groups attached to an aromatic ring is 1. The number of anilines is 1. The highest BCUT2D eigenvalue weighted by Gasteiger charge is 2.33. The number of oxime groups is 2. The average molecular weight is 1350 g/mol. The van der Waals surface area contributed by atoms with Gasteiger partial charge >= 0.3 is 6.18 Å². The lowest BCUT2D eigenvalue weighted by atomic mass is 9.98. The summed E-state index contributed by atoms with van der Waals surface area (Å²) in [5.41, 5.74) is 13.3. The van der Waals surface area contributed by atoms with Gasteiger partial charge in [0, 0.05) is 120 Å². The van der Waals surface area contributed by atoms with Crippen LogP contribution in [0.2, 0.25) is 0 Å². The van der Waals surface area contributed by atoms with E-state index in [2.05, 4.69) is 46.6 Å². The van der Waals surface area contributed by atoms with Crippen LogP contribution in [0.4, 0.5) is 35.9 Å². The molecule has 0 aliphatic carbocycles. The van der Waals surface area contributed by atoms with Crippen molar-refractivity contribution >= 4 is 57.8 Å². The highest BCUT2D eigenvalue weighted by atomic mass is 35.5. The van der Waals surface area contributed by atoms with E-state index in [1.54, 1.807) is 24.3 Å². The van der Waals surface area contributed by atoms with Crippen LogP contribution in [0.25, 0.3) is 33.8 Å². The first-order chi connectivity index (χ1) is 46.2. The van der Waals surface area contributed by atoms with Crippen molar-refractivity contribution in [3.05, 3.63) is 275 Å². The first-order valence-electron chi connectivity index (χ1n) is 30.0. The minimum atomic E-state index is -4.47. The van der Waals surface area contributed by atoms with Crippen LogP contribution in [0, 0.1) is 30.3 Å². The van der Waals surface area contributed by atoms with Crippen LogP contribution in [-0.4, -0.2) is 64.1 Å². The molecule has 0 saturated carbocycles. The summed E-state index contributed by atoms with van der Waals surface area (Å²) in [5, 5.41) is 64.9. The number of nitrogens with two attached hydrogens (primary N) is 1. The lowest BCUT2D eigenvalue weighted by molar-refractivity contribution is -0.385. The number of hydrogen-bond donors (Lipinski definition) is 3. The number of benzene rings is 7. The van der Waals surface area contributed by atoms with Gasteiger partial charge in [0.1, 0.15) is 46.4 Å². The molecule has 0 atom stereocenters. The van der Waals surface area contributed by atoms with E-state index in [1.807, 2.05) is 84.9 Å². The summed E-state index contributed by atoms with van der Waals surface area (Å²) in [4.78, 5) is 51.9. The first kappa shape index (κ1) is 78.0. The second-order valence-corrected chi connectivity index (χ2v) is 21.2. The van der Waals surface area contributed by atoms with Crippen LogP contribution in [0.5, 0.6) is 0 Å². The van der Waals surface area contributed by atoms with E-state index in [4.69, 9.17) is 41.3 Å². The number of aldehydes is 1. The second kappa shape index (κ2) is 41.3. The molecule has 0 unspecified atom stereocenters. The van der Waals surface area contributed by atoms with Crippen molar-refractivity contribution in [2.24, 2.45) is 10.3 Å². The largest absolute Gasteiger partial charge is 0.416 e. The smallest absolute Gasteiger partial charge is 0.411 e. The van der Waals surface area contributed by atoms with Gasteiger partial charge in [-0.1, -0.05) is 170 Å². The molecule has 4 N–H and O–H groups in total. The van der Waals surface area contributed by atoms with Crippen LogP contribution < -0.4 is 5.73 Å². The molecule has 10 aromatic rings. The Morgan fingerprint density at radius 3 is 1.34 bits per heavy atom. The number of aromatic nitrogens is 3. The predicted molar refractivity (Wildman–Crippen MR) is 365 cm³/mol. The summed E-state index contributed by atoms with van der Waals surface area (Å²) < 4.78 is 55.0. The van der Waals surface area contributed by atoms with E-state index >= 15 is 0 Å². The Balaban J connectivity index is 0.000000258. The number of unbranched alkanes of at least 4 members (excludes halogenated alkanes) is 3. The molecule has 0 radical (unpaired) electrons. The number of alkyl halides is 3. The predicted octanol–water partition coefficient (Wildman–Crippen LogP) is 18.4. The molecule has 97 heavy (non-hydrogen) atoms. The standard InChI is InChI=1S/C23H22F3NO2.C13H14N2O3.C13H16N2O.C7H5ClN2O3.C7H5NO3.C7H7NO.CH4/c1-2-3-7-20-15-22(27-29-20)17-11-9-16(10-12-17)13-19(28)14-18-6-4-5-8-21(18)23(24,25)26;1-2-3-4-12-9-13(14-18-12)10-5-7-11(8-6-10)15(16)17;1-2-3-4-12-9-13(15-16-12)10-5-7-11(14)8-6-10;8-7(9-11)5-1-3-6(4-2-5)10(12)13;9-5-6-1-3-7(4-2-6)8(10)11;9-8-6-7-4-2-1-3-5-7;/h4-6,8-12,15H,2-3,7,13-14H2,1H3;5-9H,2-4H2,1H3;5-9H,2-4,14H2,1H3;1-4,11H;1-5H;1-6,9H;1H4/b;;;9-7-;;8-6+;. The number of carbonyl (C=O) groups is 2. The van der Waals surface area contributed by atoms with E-state index < -0.39 is 26.5 Å². The number of nitro benzene ring substituents is 3. The van der Waals surface area contributed by atoms with Crippen LogP contribution >= 0.6 is 11.6 Å². The molecular weight excluding hydrogens is 1280 g/mol. The van der Waals surface area contributed by atoms with Crippen LogP contribution in [-0.2, 0) is 43.1 Å². The number of halogens is 4. The molecule has 0 aliphatic heterocycles. The summed E-state index contributed by atoms with van der Waals surface area (Å²) in [7, 11) is 0. The number of non-ortho nitro benzene ring substituents is 3. The highest BCUT2D eigenvalue weighted by Crippen LogP contribution is 2.33. The average Bonchev–Trinajstić information content (AvgIpc) is 1.29. The molecule has 7 aromatic carbocycles. The van der Waals surface area contributed by atoms with Gasteiger partial charge in [-0.25, -0.2) is 0 Å². The van der Waals surface area contributed by atoms with E-state index in [0.29, 0.717) is 17.4 Å². The Kier molecular flexibility index (Phi) is 33.2. The maximum atomic E-state index is 13.1. The molecule has 3 heterocycles. The summed E-state index contributed by atoms with van der Waals surface area (Å²) in [5.74, 6) is 2.38. The molecule has 0 amide bonds. The summed E-state index contributed by atoms with van der Waals surface area (Å²) in [6.45, 7) is 6.39. The summed E-state index contributed by atoms with van der Waals surface area (Å²) in [6, 6.07) is 52.4. The minimum Gasteiger partial charge on any atom is -0.411 e. The van der Waals surface area contributed by atoms with Crippen molar-refractivity contribution < 1.29 is 61.5 Å². The van der Waals surface area contributed by atoms with E-state index in [-0.39, 0.29) is 53.8 Å². The zero-order valence-electron chi connectivity index (χ0n) is 52.5. The quantitative estimate of drug-likeness (QED) is 0.0142. The third-order valence-electron chi connectivity index (χ3n) is 13.6. The molecule has 0 fully saturated rings. The van der Waals surface area contributed by atoms with Gasteiger partial charge < -0.3 is 29.7 Å². The molecule has 0 aliphatic rings. The fourth-order valence-corrected chi connectivity index (χ4v) is 8.59. The number of carbonyl (C=O) groups excluding carboxylic acids is 2. The van der Waals surface area contributed by atoms with Gasteiger partial charge in [-0.2, -0.15) is 13.2 Å². The molecule has 0 saturated heterocycles. The highest BCUT2D eigenvalue weighted by molar-refractivity contribution is 6.69. The third-order valence-corrected chi connectivity index (χ3v) is 13.9. The summed E-state index contributed by atoms with van der Waals surface area (Å²) in [6.07, 6.45) is 6.64. The Bertz CT molecular complexity index is 4070. The van der Waals surface area contributed by atoms with Gasteiger partial charge in [0.05, 0.1) is 26.5 Å². The van der Waals surface area contributed by atoms with Crippen molar-refractivity contribution in [3.63, 3.8) is 0 Å². The van der Waals surface area contributed by atoms with Crippen LogP contribution in [0.1, 0.15) is 122 Å². The number of hydrogen-bond acceptors (Lipinski definition) is 19. The maximum Gasteiger partial charge on any atom is 0.416 e. The third kappa shape index (κ3) is 27.2. The van der Waals surface area contributed by atoms with Crippen molar-refractivity contribution in [2.75, 3.05) is 5.73 Å². The molecule has 3 aromatic heterocycles. The van der Waals surface area contributed by atoms with Gasteiger partial charge in [0.25, 0.3) is 17.1 Å². The molecule has 26 heteroatoms. The number of aryl methyl sites for hydroxylation is 3. The van der Waals surface area contributed by atoms with Crippen LogP contribution in [0.3, 0.4) is 0 Å². The number of Topliss-reactive ketones (excluding diaryl/α,β-unsaturated/α-hetero) is 1. The van der Waals surface area contributed by atoms with E-state index in [0.717, 1.165) is 132 Å². The van der Waals surface area contributed by atoms with Crippen LogP contribution in [0.15, 0.2) is 218 Å². The zero-order valence-corrected chi connectivity index (χ0v) is 53.2. The Hall–Kier alpha value is -11.5. The fourth-order valence-electron chi connectivity index (χ4n) is 8.47. The monoisotopic (exact) mass is 1350 g/mol. The van der Waals surface area contributed by atoms with E-state index in [9.17, 15) is 53.1 Å². The number of nitro groups is 3. The summed E-state index contributed by atoms with van der Waals surface area (Å²) >= 11 is 5.45. The van der Waals surface area contributed by atoms with Crippen molar-refractivity contribution in [1.29, 1.82) is 0 Å². The van der Waals surface area contributed by atoms with Crippen molar-refractivity contribution in [1.82, 2.24) is 15.5 Å². The Labute approximate surface area is 562 Å². The van der Waals surface area contributed by atoms with Crippen molar-refractivity contribution in [2.45, 2.75) is 105 Å².